The van der Waals surface area contributed by atoms with Gasteiger partial charge in [-0.25, -0.2) is 0 Å². The van der Waals surface area contributed by atoms with Crippen LogP contribution in [0.4, 0.5) is 11.4 Å². The maximum atomic E-state index is 5.94. The summed E-state index contributed by atoms with van der Waals surface area (Å²) in [4.78, 5) is 4.87. The molecular weight excluding hydrogens is 452 g/mol. The van der Waals surface area contributed by atoms with E-state index in [1.807, 2.05) is 45.0 Å². The number of piperidine rings is 2. The first-order valence-electron chi connectivity index (χ1n) is 13.5. The monoisotopic (exact) mass is 492 g/mol. The smallest absolute Gasteiger partial charge is 0.163 e. The molecule has 4 rings (SSSR count). The summed E-state index contributed by atoms with van der Waals surface area (Å²) in [5.74, 6) is 4.94. The quantitative estimate of drug-likeness (QED) is 0.380. The molecule has 2 aliphatic rings. The van der Waals surface area contributed by atoms with E-state index in [2.05, 4.69) is 28.0 Å². The van der Waals surface area contributed by atoms with Gasteiger partial charge in [-0.15, -0.1) is 0 Å². The van der Waals surface area contributed by atoms with Crippen LogP contribution in [-0.2, 0) is 0 Å². The van der Waals surface area contributed by atoms with Crippen molar-refractivity contribution in [3.05, 3.63) is 36.4 Å². The number of anilines is 2. The summed E-state index contributed by atoms with van der Waals surface area (Å²) < 4.78 is 22.9. The average Bonchev–Trinajstić information content (AvgIpc) is 2.91. The second-order valence-electron chi connectivity index (χ2n) is 9.43. The predicted molar refractivity (Wildman–Crippen MR) is 146 cm³/mol. The van der Waals surface area contributed by atoms with E-state index in [0.29, 0.717) is 19.8 Å². The topological polar surface area (TPSA) is 43.4 Å². The Kier molecular flexibility index (Phi) is 9.11. The Labute approximate surface area is 216 Å². The molecule has 2 fully saturated rings. The Bertz CT molecular complexity index is 1020. The van der Waals surface area contributed by atoms with Gasteiger partial charge >= 0.3 is 0 Å². The van der Waals surface area contributed by atoms with Crippen molar-refractivity contribution >= 4 is 11.4 Å². The molecule has 6 heteroatoms. The van der Waals surface area contributed by atoms with Gasteiger partial charge < -0.3 is 28.7 Å². The van der Waals surface area contributed by atoms with Crippen molar-refractivity contribution in [2.75, 3.05) is 55.8 Å². The van der Waals surface area contributed by atoms with Gasteiger partial charge in [0.05, 0.1) is 31.2 Å². The molecule has 0 spiro atoms. The van der Waals surface area contributed by atoms with E-state index in [1.165, 1.54) is 25.7 Å². The summed E-state index contributed by atoms with van der Waals surface area (Å²) in [5, 5.41) is 0. The van der Waals surface area contributed by atoms with Crippen LogP contribution < -0.4 is 28.7 Å². The van der Waals surface area contributed by atoms with E-state index >= 15 is 0 Å². The number of hydrogen-bond donors (Lipinski definition) is 0. The van der Waals surface area contributed by atoms with Crippen molar-refractivity contribution < 1.29 is 18.9 Å². The molecule has 0 aromatic heterocycles. The van der Waals surface area contributed by atoms with Crippen molar-refractivity contribution in [1.29, 1.82) is 0 Å². The highest BCUT2D eigenvalue weighted by Gasteiger charge is 2.31. The van der Waals surface area contributed by atoms with E-state index in [-0.39, 0.29) is 0 Å². The lowest BCUT2D eigenvalue weighted by molar-refractivity contribution is 0.232. The zero-order chi connectivity index (χ0) is 25.3. The van der Waals surface area contributed by atoms with Crippen LogP contribution in [0.15, 0.2) is 36.4 Å². The van der Waals surface area contributed by atoms with Crippen LogP contribution in [0, 0.1) is 24.4 Å². The standard InChI is InChI=1S/C30H40N2O4/c1-5-33-25-9-11-29(35-7-3)27(21-25)31-17-13-23(14-18-31)24-15-19-32(20-16-24)28-22-26(34-6-2)10-12-30(28)36-8-4/h3,9-12,21-24H,5-6,8,13-20H2,1-2,4H3. The predicted octanol–water partition coefficient (Wildman–Crippen LogP) is 5.99. The lowest BCUT2D eigenvalue weighted by atomic mass is 9.78. The number of hydrogen-bond acceptors (Lipinski definition) is 6. The minimum absolute atomic E-state index is 0.636. The highest BCUT2D eigenvalue weighted by molar-refractivity contribution is 5.63. The summed E-state index contributed by atoms with van der Waals surface area (Å²) in [5.41, 5.74) is 2.19. The van der Waals surface area contributed by atoms with Gasteiger partial charge in [-0.1, -0.05) is 6.42 Å². The van der Waals surface area contributed by atoms with Gasteiger partial charge in [0.1, 0.15) is 23.4 Å². The Morgan fingerprint density at radius 2 is 1.14 bits per heavy atom. The second kappa shape index (κ2) is 12.7. The first-order valence-corrected chi connectivity index (χ1v) is 13.5. The van der Waals surface area contributed by atoms with Crippen molar-refractivity contribution in [3.8, 4) is 35.5 Å². The molecule has 2 aliphatic heterocycles. The lowest BCUT2D eigenvalue weighted by Crippen LogP contribution is -2.41. The SMILES string of the molecule is C#COc1ccc(OCC)cc1N1CCC(C2CCN(c3cc(OCC)ccc3OCC)CC2)CC1. The van der Waals surface area contributed by atoms with Gasteiger partial charge in [0.15, 0.2) is 5.75 Å². The lowest BCUT2D eigenvalue weighted by Gasteiger charge is -2.41. The molecule has 36 heavy (non-hydrogen) atoms. The molecule has 2 aromatic carbocycles. The molecule has 0 saturated carbocycles. The third kappa shape index (κ3) is 6.13. The highest BCUT2D eigenvalue weighted by atomic mass is 16.5. The van der Waals surface area contributed by atoms with Crippen LogP contribution >= 0.6 is 0 Å². The highest BCUT2D eigenvalue weighted by Crippen LogP contribution is 2.40. The van der Waals surface area contributed by atoms with Crippen molar-refractivity contribution in [1.82, 2.24) is 0 Å². The molecule has 0 atom stereocenters. The molecule has 0 unspecified atom stereocenters. The van der Waals surface area contributed by atoms with Crippen LogP contribution in [0.3, 0.4) is 0 Å². The number of ether oxygens (including phenoxy) is 4. The van der Waals surface area contributed by atoms with Crippen molar-refractivity contribution in [3.63, 3.8) is 0 Å². The summed E-state index contributed by atoms with van der Waals surface area (Å²) in [6.07, 6.45) is 12.5. The average molecular weight is 493 g/mol. The third-order valence-electron chi connectivity index (χ3n) is 7.38. The first-order chi connectivity index (χ1) is 17.7. The molecular formula is C30H40N2O4. The van der Waals surface area contributed by atoms with Gasteiger partial charge in [0.25, 0.3) is 0 Å². The molecule has 2 saturated heterocycles. The fourth-order valence-corrected chi connectivity index (χ4v) is 5.65. The number of terminal acetylenes is 1. The molecule has 0 N–H and O–H groups in total. The van der Waals surface area contributed by atoms with E-state index in [4.69, 9.17) is 25.4 Å². The molecule has 0 radical (unpaired) electrons. The van der Waals surface area contributed by atoms with Crippen molar-refractivity contribution in [2.45, 2.75) is 46.5 Å². The molecule has 0 aliphatic carbocycles. The van der Waals surface area contributed by atoms with Crippen LogP contribution in [0.25, 0.3) is 0 Å². The maximum Gasteiger partial charge on any atom is 0.163 e. The zero-order valence-electron chi connectivity index (χ0n) is 22.0. The van der Waals surface area contributed by atoms with Crippen LogP contribution in [0.1, 0.15) is 46.5 Å². The minimum Gasteiger partial charge on any atom is -0.494 e. The van der Waals surface area contributed by atoms with Crippen LogP contribution in [-0.4, -0.2) is 46.0 Å². The largest absolute Gasteiger partial charge is 0.494 e. The van der Waals surface area contributed by atoms with E-state index < -0.39 is 0 Å². The Morgan fingerprint density at radius 1 is 0.694 bits per heavy atom. The first kappa shape index (κ1) is 25.9. The molecule has 2 aromatic rings. The van der Waals surface area contributed by atoms with Crippen LogP contribution in [0.2, 0.25) is 0 Å². The Hall–Kier alpha value is -3.20. The van der Waals surface area contributed by atoms with Crippen LogP contribution in [0.5, 0.6) is 23.0 Å². The summed E-state index contributed by atoms with van der Waals surface area (Å²) in [7, 11) is 0. The molecule has 6 nitrogen and oxygen atoms in total. The van der Waals surface area contributed by atoms with E-state index in [9.17, 15) is 0 Å². The Morgan fingerprint density at radius 3 is 1.58 bits per heavy atom. The number of nitrogens with zero attached hydrogens (tertiary/aromatic N) is 2. The molecule has 2 heterocycles. The molecule has 0 amide bonds. The second-order valence-corrected chi connectivity index (χ2v) is 9.43. The van der Waals surface area contributed by atoms with E-state index in [0.717, 1.165) is 72.4 Å². The zero-order valence-corrected chi connectivity index (χ0v) is 22.0. The summed E-state index contributed by atoms with van der Waals surface area (Å²) >= 11 is 0. The normalized spacial score (nSPS) is 16.9. The fourth-order valence-electron chi connectivity index (χ4n) is 5.65. The number of benzene rings is 2. The third-order valence-corrected chi connectivity index (χ3v) is 7.38. The Balaban J connectivity index is 1.36. The maximum absolute atomic E-state index is 5.94. The van der Waals surface area contributed by atoms with Gasteiger partial charge in [-0.2, -0.15) is 0 Å². The summed E-state index contributed by atoms with van der Waals surface area (Å²) in [6.45, 7) is 12.1. The molecule has 0 bridgehead atoms. The van der Waals surface area contributed by atoms with Gasteiger partial charge in [-0.3, -0.25) is 0 Å². The minimum atomic E-state index is 0.636. The van der Waals surface area contributed by atoms with Crippen molar-refractivity contribution in [2.24, 2.45) is 11.8 Å². The number of rotatable bonds is 10. The van der Waals surface area contributed by atoms with E-state index in [1.54, 1.807) is 0 Å². The molecule has 194 valence electrons. The fraction of sp³-hybridized carbons (Fsp3) is 0.533. The van der Waals surface area contributed by atoms with Gasteiger partial charge in [0, 0.05) is 38.3 Å². The van der Waals surface area contributed by atoms with Gasteiger partial charge in [-0.05, 0) is 82.6 Å². The summed E-state index contributed by atoms with van der Waals surface area (Å²) in [6, 6.07) is 12.1. The van der Waals surface area contributed by atoms with Gasteiger partial charge in [0.2, 0.25) is 0 Å².